The van der Waals surface area contributed by atoms with Crippen LogP contribution in [-0.4, -0.2) is 24.5 Å². The molecule has 0 aromatic heterocycles. The van der Waals surface area contributed by atoms with E-state index in [1.165, 1.54) is 13.3 Å². The van der Waals surface area contributed by atoms with Crippen molar-refractivity contribution in [3.63, 3.8) is 0 Å². The highest BCUT2D eigenvalue weighted by molar-refractivity contribution is 5.90. The lowest BCUT2D eigenvalue weighted by Gasteiger charge is -2.34. The summed E-state index contributed by atoms with van der Waals surface area (Å²) >= 11 is 0. The Hall–Kier alpha value is -2.04. The first-order valence-electron chi connectivity index (χ1n) is 8.26. The second-order valence-electron chi connectivity index (χ2n) is 6.41. The van der Waals surface area contributed by atoms with E-state index in [1.54, 1.807) is 12.1 Å². The van der Waals surface area contributed by atoms with Gasteiger partial charge in [0.2, 0.25) is 5.91 Å². The molecule has 5 heteroatoms. The number of nitrogens with one attached hydrogen (secondary N) is 2. The topological polar surface area (TPSA) is 67.4 Å². The molecule has 3 atom stereocenters. The minimum atomic E-state index is -0.171. The maximum atomic E-state index is 12.1. The van der Waals surface area contributed by atoms with Crippen molar-refractivity contribution < 1.29 is 14.3 Å². The fourth-order valence-electron chi connectivity index (χ4n) is 3.06. The highest BCUT2D eigenvalue weighted by Gasteiger charge is 2.28. The van der Waals surface area contributed by atoms with Crippen LogP contribution >= 0.6 is 0 Å². The van der Waals surface area contributed by atoms with Gasteiger partial charge in [-0.3, -0.25) is 9.59 Å². The lowest BCUT2D eigenvalue weighted by atomic mass is 9.78. The van der Waals surface area contributed by atoms with Gasteiger partial charge in [-0.2, -0.15) is 0 Å². The summed E-state index contributed by atoms with van der Waals surface area (Å²) in [6.07, 6.45) is 3.41. The molecule has 0 bridgehead atoms. The first-order valence-corrected chi connectivity index (χ1v) is 8.26. The summed E-state index contributed by atoms with van der Waals surface area (Å²) in [5.74, 6) is 1.34. The molecule has 0 radical (unpaired) electrons. The van der Waals surface area contributed by atoms with E-state index in [-0.39, 0.29) is 24.5 Å². The van der Waals surface area contributed by atoms with Crippen LogP contribution in [0.25, 0.3) is 0 Å². The van der Waals surface area contributed by atoms with Crippen molar-refractivity contribution in [3.05, 3.63) is 24.3 Å². The highest BCUT2D eigenvalue weighted by Crippen LogP contribution is 2.29. The summed E-state index contributed by atoms with van der Waals surface area (Å²) < 4.78 is 5.58. The zero-order chi connectivity index (χ0) is 16.8. The van der Waals surface area contributed by atoms with E-state index in [0.717, 1.165) is 12.8 Å². The number of carbonyl (C=O) groups excluding carboxylic acids is 2. The summed E-state index contributed by atoms with van der Waals surface area (Å²) in [5, 5.41) is 5.77. The van der Waals surface area contributed by atoms with E-state index in [2.05, 4.69) is 24.5 Å². The SMILES string of the molecule is CC(=O)Nc1ccccc1OCC(=O)N[C@H]1CCC[C@H](C)[C@H]1C. The molecule has 1 fully saturated rings. The predicted molar refractivity (Wildman–Crippen MR) is 90.4 cm³/mol. The third kappa shape index (κ3) is 4.98. The van der Waals surface area contributed by atoms with Gasteiger partial charge >= 0.3 is 0 Å². The zero-order valence-corrected chi connectivity index (χ0v) is 14.1. The van der Waals surface area contributed by atoms with E-state index in [4.69, 9.17) is 4.74 Å². The quantitative estimate of drug-likeness (QED) is 0.877. The molecule has 0 heterocycles. The van der Waals surface area contributed by atoms with E-state index >= 15 is 0 Å². The Morgan fingerprint density at radius 2 is 1.96 bits per heavy atom. The van der Waals surface area contributed by atoms with Crippen LogP contribution in [0.15, 0.2) is 24.3 Å². The number of hydrogen-bond donors (Lipinski definition) is 2. The summed E-state index contributed by atoms with van der Waals surface area (Å²) in [5.41, 5.74) is 0.576. The van der Waals surface area contributed by atoms with Gasteiger partial charge in [-0.05, 0) is 30.4 Å². The van der Waals surface area contributed by atoms with Crippen molar-refractivity contribution in [2.24, 2.45) is 11.8 Å². The molecule has 2 rings (SSSR count). The van der Waals surface area contributed by atoms with Gasteiger partial charge in [-0.25, -0.2) is 0 Å². The van der Waals surface area contributed by atoms with Crippen LogP contribution in [0.4, 0.5) is 5.69 Å². The Kier molecular flexibility index (Phi) is 6.02. The van der Waals surface area contributed by atoms with Crippen LogP contribution in [0.2, 0.25) is 0 Å². The molecular formula is C18H26N2O3. The number of carbonyl (C=O) groups is 2. The monoisotopic (exact) mass is 318 g/mol. The van der Waals surface area contributed by atoms with Gasteiger partial charge in [-0.1, -0.05) is 38.8 Å². The van der Waals surface area contributed by atoms with Crippen molar-refractivity contribution in [3.8, 4) is 5.75 Å². The molecule has 0 aliphatic heterocycles. The molecule has 1 aromatic rings. The molecule has 1 aliphatic rings. The number of ether oxygens (including phenoxy) is 1. The molecule has 0 spiro atoms. The molecule has 0 saturated heterocycles. The summed E-state index contributed by atoms with van der Waals surface area (Å²) in [6, 6.07) is 7.33. The second kappa shape index (κ2) is 7.99. The number of hydrogen-bond acceptors (Lipinski definition) is 3. The maximum Gasteiger partial charge on any atom is 0.258 e. The number of rotatable bonds is 5. The summed E-state index contributed by atoms with van der Waals surface area (Å²) in [7, 11) is 0. The van der Waals surface area contributed by atoms with Gasteiger partial charge in [0, 0.05) is 13.0 Å². The first kappa shape index (κ1) is 17.3. The van der Waals surface area contributed by atoms with Gasteiger partial charge in [0.05, 0.1) is 5.69 Å². The van der Waals surface area contributed by atoms with Gasteiger partial charge in [0.25, 0.3) is 5.91 Å². The standard InChI is InChI=1S/C18H26N2O3/c1-12-7-6-9-15(13(12)2)20-18(22)11-23-17-10-5-4-8-16(17)19-14(3)21/h4-5,8,10,12-13,15H,6-7,9,11H2,1-3H3,(H,19,21)(H,20,22)/t12-,13+,15-/m0/s1. The fraction of sp³-hybridized carbons (Fsp3) is 0.556. The smallest absolute Gasteiger partial charge is 0.258 e. The van der Waals surface area contributed by atoms with E-state index in [9.17, 15) is 9.59 Å². The third-order valence-corrected chi connectivity index (χ3v) is 4.61. The Balaban J connectivity index is 1.88. The minimum absolute atomic E-state index is 0.0474. The van der Waals surface area contributed by atoms with Gasteiger partial charge in [-0.15, -0.1) is 0 Å². The normalized spacial score (nSPS) is 23.9. The van der Waals surface area contributed by atoms with E-state index in [0.29, 0.717) is 23.3 Å². The molecule has 126 valence electrons. The second-order valence-corrected chi connectivity index (χ2v) is 6.41. The first-order chi connectivity index (χ1) is 11.0. The van der Waals surface area contributed by atoms with Crippen LogP contribution in [0.5, 0.6) is 5.75 Å². The Labute approximate surface area is 137 Å². The van der Waals surface area contributed by atoms with Crippen molar-refractivity contribution >= 4 is 17.5 Å². The van der Waals surface area contributed by atoms with Crippen LogP contribution in [0.3, 0.4) is 0 Å². The third-order valence-electron chi connectivity index (χ3n) is 4.61. The molecule has 1 aromatic carbocycles. The lowest BCUT2D eigenvalue weighted by molar-refractivity contribution is -0.124. The van der Waals surface area contributed by atoms with Crippen LogP contribution in [-0.2, 0) is 9.59 Å². The highest BCUT2D eigenvalue weighted by atomic mass is 16.5. The number of anilines is 1. The Morgan fingerprint density at radius 1 is 1.22 bits per heavy atom. The van der Waals surface area contributed by atoms with Crippen molar-refractivity contribution in [2.45, 2.75) is 46.1 Å². The van der Waals surface area contributed by atoms with E-state index in [1.807, 2.05) is 12.1 Å². The average Bonchev–Trinajstić information content (AvgIpc) is 2.50. The summed E-state index contributed by atoms with van der Waals surface area (Å²) in [4.78, 5) is 23.3. The number of benzene rings is 1. The molecular weight excluding hydrogens is 292 g/mol. The molecule has 0 unspecified atom stereocenters. The summed E-state index contributed by atoms with van der Waals surface area (Å²) in [6.45, 7) is 5.83. The largest absolute Gasteiger partial charge is 0.482 e. The van der Waals surface area contributed by atoms with Crippen LogP contribution in [0.1, 0.15) is 40.0 Å². The van der Waals surface area contributed by atoms with Crippen molar-refractivity contribution in [2.75, 3.05) is 11.9 Å². The number of para-hydroxylation sites is 2. The zero-order valence-electron chi connectivity index (χ0n) is 14.1. The Bertz CT molecular complexity index is 559. The molecule has 1 saturated carbocycles. The van der Waals surface area contributed by atoms with Crippen molar-refractivity contribution in [1.29, 1.82) is 0 Å². The van der Waals surface area contributed by atoms with Crippen molar-refractivity contribution in [1.82, 2.24) is 5.32 Å². The van der Waals surface area contributed by atoms with Gasteiger partial charge < -0.3 is 15.4 Å². The number of amides is 2. The van der Waals surface area contributed by atoms with Crippen LogP contribution in [0, 0.1) is 11.8 Å². The van der Waals surface area contributed by atoms with Gasteiger partial charge in [0.15, 0.2) is 6.61 Å². The maximum absolute atomic E-state index is 12.1. The Morgan fingerprint density at radius 3 is 2.70 bits per heavy atom. The van der Waals surface area contributed by atoms with Gasteiger partial charge in [0.1, 0.15) is 5.75 Å². The molecule has 1 aliphatic carbocycles. The molecule has 2 N–H and O–H groups in total. The minimum Gasteiger partial charge on any atom is -0.482 e. The van der Waals surface area contributed by atoms with Crippen LogP contribution < -0.4 is 15.4 Å². The average molecular weight is 318 g/mol. The molecule has 23 heavy (non-hydrogen) atoms. The molecule has 2 amide bonds. The predicted octanol–water partition coefficient (Wildman–Crippen LogP) is 2.96. The lowest BCUT2D eigenvalue weighted by Crippen LogP contribution is -2.45. The fourth-order valence-corrected chi connectivity index (χ4v) is 3.06. The molecule has 5 nitrogen and oxygen atoms in total. The van der Waals surface area contributed by atoms with E-state index < -0.39 is 0 Å².